The van der Waals surface area contributed by atoms with Crippen molar-refractivity contribution in [3.63, 3.8) is 0 Å². The Bertz CT molecular complexity index is 508. The number of rotatable bonds is 3. The van der Waals surface area contributed by atoms with Crippen LogP contribution >= 0.6 is 39.1 Å². The van der Waals surface area contributed by atoms with Crippen LogP contribution in [0.1, 0.15) is 5.56 Å². The molecule has 2 aromatic rings. The van der Waals surface area contributed by atoms with Gasteiger partial charge in [0.1, 0.15) is 0 Å². The summed E-state index contributed by atoms with van der Waals surface area (Å²) in [6, 6.07) is 13.5. The van der Waals surface area contributed by atoms with E-state index in [1.165, 1.54) is 5.56 Å². The van der Waals surface area contributed by atoms with E-state index < -0.39 is 0 Å². The van der Waals surface area contributed by atoms with Crippen LogP contribution in [-0.2, 0) is 5.33 Å². The van der Waals surface area contributed by atoms with Crippen LogP contribution in [0.4, 0.5) is 11.4 Å². The summed E-state index contributed by atoms with van der Waals surface area (Å²) in [7, 11) is 0. The summed E-state index contributed by atoms with van der Waals surface area (Å²) in [5.41, 5.74) is 2.90. The lowest BCUT2D eigenvalue weighted by Gasteiger charge is -2.10. The van der Waals surface area contributed by atoms with Crippen LogP contribution in [-0.4, -0.2) is 0 Å². The number of benzene rings is 2. The molecule has 0 radical (unpaired) electrons. The van der Waals surface area contributed by atoms with Gasteiger partial charge in [-0.2, -0.15) is 0 Å². The smallest absolute Gasteiger partial charge is 0.0762 e. The van der Waals surface area contributed by atoms with Crippen molar-refractivity contribution in [3.8, 4) is 0 Å². The van der Waals surface area contributed by atoms with Crippen LogP contribution in [0.15, 0.2) is 42.5 Å². The molecule has 0 atom stereocenters. The summed E-state index contributed by atoms with van der Waals surface area (Å²) in [4.78, 5) is 0. The Morgan fingerprint density at radius 2 is 1.65 bits per heavy atom. The van der Waals surface area contributed by atoms with Gasteiger partial charge in [-0.3, -0.25) is 0 Å². The lowest BCUT2D eigenvalue weighted by molar-refractivity contribution is 1.42. The third-order valence-electron chi connectivity index (χ3n) is 2.31. The molecule has 0 unspecified atom stereocenters. The van der Waals surface area contributed by atoms with Gasteiger partial charge in [0.15, 0.2) is 0 Å². The molecule has 4 heteroatoms. The minimum atomic E-state index is 0.613. The van der Waals surface area contributed by atoms with Crippen LogP contribution in [0, 0.1) is 0 Å². The number of alkyl halides is 1. The predicted octanol–water partition coefficient (Wildman–Crippen LogP) is 5.63. The molecular formula is C13H10BrCl2N. The summed E-state index contributed by atoms with van der Waals surface area (Å²) >= 11 is 15.6. The molecule has 0 fully saturated rings. The average Bonchev–Trinajstić information content (AvgIpc) is 2.34. The zero-order chi connectivity index (χ0) is 12.3. The van der Waals surface area contributed by atoms with E-state index in [2.05, 4.69) is 27.3 Å². The van der Waals surface area contributed by atoms with Crippen LogP contribution < -0.4 is 5.32 Å². The van der Waals surface area contributed by atoms with Crippen LogP contribution in [0.5, 0.6) is 0 Å². The molecule has 0 aliphatic heterocycles. The highest BCUT2D eigenvalue weighted by Crippen LogP contribution is 2.32. The topological polar surface area (TPSA) is 12.0 Å². The van der Waals surface area contributed by atoms with E-state index in [-0.39, 0.29) is 0 Å². The van der Waals surface area contributed by atoms with Crippen molar-refractivity contribution in [2.45, 2.75) is 5.33 Å². The first-order valence-electron chi connectivity index (χ1n) is 5.06. The number of nitrogens with one attached hydrogen (secondary N) is 1. The Kier molecular flexibility index (Phi) is 4.32. The first-order chi connectivity index (χ1) is 8.20. The van der Waals surface area contributed by atoms with Gasteiger partial charge in [0.05, 0.1) is 15.7 Å². The van der Waals surface area contributed by atoms with Crippen LogP contribution in [0.3, 0.4) is 0 Å². The zero-order valence-electron chi connectivity index (χ0n) is 8.88. The number of halogens is 3. The molecule has 0 aliphatic carbocycles. The van der Waals surface area contributed by atoms with Gasteiger partial charge in [0.25, 0.3) is 0 Å². The van der Waals surface area contributed by atoms with E-state index in [1.54, 1.807) is 0 Å². The fraction of sp³-hybridized carbons (Fsp3) is 0.0769. The van der Waals surface area contributed by atoms with E-state index in [4.69, 9.17) is 23.2 Å². The highest BCUT2D eigenvalue weighted by atomic mass is 79.9. The predicted molar refractivity (Wildman–Crippen MR) is 78.8 cm³/mol. The Balaban J connectivity index is 2.31. The monoisotopic (exact) mass is 329 g/mol. The van der Waals surface area contributed by atoms with Gasteiger partial charge in [-0.25, -0.2) is 0 Å². The van der Waals surface area contributed by atoms with Gasteiger partial charge >= 0.3 is 0 Å². The molecule has 0 amide bonds. The fourth-order valence-electron chi connectivity index (χ4n) is 1.49. The molecule has 17 heavy (non-hydrogen) atoms. The van der Waals surface area contributed by atoms with Crippen molar-refractivity contribution in [2.24, 2.45) is 0 Å². The van der Waals surface area contributed by atoms with Crippen LogP contribution in [0.25, 0.3) is 0 Å². The van der Waals surface area contributed by atoms with Crippen molar-refractivity contribution in [1.82, 2.24) is 0 Å². The molecule has 0 spiro atoms. The first-order valence-corrected chi connectivity index (χ1v) is 6.94. The lowest BCUT2D eigenvalue weighted by atomic mass is 10.2. The lowest BCUT2D eigenvalue weighted by Crippen LogP contribution is -1.93. The summed E-state index contributed by atoms with van der Waals surface area (Å²) in [6.07, 6.45) is 0. The maximum Gasteiger partial charge on any atom is 0.0762 e. The molecule has 88 valence electrons. The van der Waals surface area contributed by atoms with Gasteiger partial charge < -0.3 is 5.32 Å². The molecule has 2 rings (SSSR count). The molecular weight excluding hydrogens is 321 g/mol. The Hall–Kier alpha value is -0.700. The zero-order valence-corrected chi connectivity index (χ0v) is 12.0. The van der Waals surface area contributed by atoms with E-state index in [9.17, 15) is 0 Å². The second-order valence-electron chi connectivity index (χ2n) is 3.56. The average molecular weight is 331 g/mol. The van der Waals surface area contributed by atoms with Gasteiger partial charge in [-0.1, -0.05) is 57.3 Å². The van der Waals surface area contributed by atoms with Gasteiger partial charge in [0.2, 0.25) is 0 Å². The second-order valence-corrected chi connectivity index (χ2v) is 4.93. The molecule has 1 nitrogen and oxygen atoms in total. The van der Waals surface area contributed by atoms with Crippen molar-refractivity contribution in [2.75, 3.05) is 5.32 Å². The maximum absolute atomic E-state index is 6.10. The van der Waals surface area contributed by atoms with Crippen molar-refractivity contribution < 1.29 is 0 Å². The van der Waals surface area contributed by atoms with Crippen LogP contribution in [0.2, 0.25) is 10.0 Å². The molecule has 1 N–H and O–H groups in total. The summed E-state index contributed by atoms with van der Waals surface area (Å²) < 4.78 is 0. The number of hydrogen-bond acceptors (Lipinski definition) is 1. The van der Waals surface area contributed by atoms with E-state index in [0.29, 0.717) is 10.0 Å². The highest BCUT2D eigenvalue weighted by molar-refractivity contribution is 9.08. The van der Waals surface area contributed by atoms with E-state index >= 15 is 0 Å². The van der Waals surface area contributed by atoms with Gasteiger partial charge in [-0.05, 0) is 29.8 Å². The van der Waals surface area contributed by atoms with Crippen molar-refractivity contribution >= 4 is 50.5 Å². The summed E-state index contributed by atoms with van der Waals surface area (Å²) in [6.45, 7) is 0. The third-order valence-corrected chi connectivity index (χ3v) is 3.59. The summed E-state index contributed by atoms with van der Waals surface area (Å²) in [5, 5.41) is 5.27. The molecule has 2 aromatic carbocycles. The standard InChI is InChI=1S/C13H10BrCl2N/c14-8-9-3-1-4-10(7-9)17-13-11(15)5-2-6-12(13)16/h1-7,17H,8H2. The second kappa shape index (κ2) is 5.76. The molecule has 0 aromatic heterocycles. The van der Waals surface area contributed by atoms with Gasteiger partial charge in [-0.15, -0.1) is 0 Å². The normalized spacial score (nSPS) is 10.3. The number of para-hydroxylation sites is 1. The summed E-state index contributed by atoms with van der Waals surface area (Å²) in [5.74, 6) is 0. The third kappa shape index (κ3) is 3.15. The maximum atomic E-state index is 6.10. The van der Waals surface area contributed by atoms with E-state index in [1.807, 2.05) is 36.4 Å². The Morgan fingerprint density at radius 1 is 1.00 bits per heavy atom. The molecule has 0 aliphatic rings. The minimum Gasteiger partial charge on any atom is -0.353 e. The van der Waals surface area contributed by atoms with E-state index in [0.717, 1.165) is 16.7 Å². The number of anilines is 2. The SMILES string of the molecule is Clc1cccc(Cl)c1Nc1cccc(CBr)c1. The molecule has 0 bridgehead atoms. The van der Waals surface area contributed by atoms with Crippen molar-refractivity contribution in [3.05, 3.63) is 58.1 Å². The Morgan fingerprint density at radius 3 is 2.29 bits per heavy atom. The molecule has 0 saturated heterocycles. The minimum absolute atomic E-state index is 0.613. The van der Waals surface area contributed by atoms with Gasteiger partial charge in [0, 0.05) is 11.0 Å². The largest absolute Gasteiger partial charge is 0.353 e. The van der Waals surface area contributed by atoms with Crippen molar-refractivity contribution in [1.29, 1.82) is 0 Å². The first kappa shape index (κ1) is 12.7. The highest BCUT2D eigenvalue weighted by Gasteiger charge is 2.05. The number of hydrogen-bond donors (Lipinski definition) is 1. The fourth-order valence-corrected chi connectivity index (χ4v) is 2.33. The molecule has 0 saturated carbocycles. The Labute approximate surface area is 119 Å². The molecule has 0 heterocycles. The quantitative estimate of drug-likeness (QED) is 0.719.